The van der Waals surface area contributed by atoms with Gasteiger partial charge in [0, 0.05) is 25.6 Å². The quantitative estimate of drug-likeness (QED) is 0.177. The average molecular weight is 587 g/mol. The highest BCUT2D eigenvalue weighted by atomic mass is 32.1. The molecule has 0 saturated carbocycles. The van der Waals surface area contributed by atoms with Crippen LogP contribution in [-0.2, 0) is 0 Å². The fraction of sp³-hybridized carbons (Fsp3) is 0. The highest BCUT2D eigenvalue weighted by Gasteiger charge is 2.13. The summed E-state index contributed by atoms with van der Waals surface area (Å²) in [5.41, 5.74) is 4.95. The van der Waals surface area contributed by atoms with Gasteiger partial charge in [0.25, 0.3) is 0 Å². The van der Waals surface area contributed by atoms with Crippen molar-refractivity contribution in [2.75, 3.05) is 0 Å². The van der Waals surface area contributed by atoms with Crippen LogP contribution in [0.5, 0.6) is 0 Å². The Bertz CT molecular complexity index is 2780. The molecule has 0 amide bonds. The van der Waals surface area contributed by atoms with Crippen LogP contribution < -0.4 is 0 Å². The average Bonchev–Trinajstić information content (AvgIpc) is 3.50. The van der Waals surface area contributed by atoms with Gasteiger partial charge in [-0.25, -0.2) is 0 Å². The van der Waals surface area contributed by atoms with E-state index in [0.717, 1.165) is 0 Å². The number of hydrogen-bond acceptors (Lipinski definition) is 1. The normalized spacial score (nSPS) is 12.0. The van der Waals surface area contributed by atoms with Crippen molar-refractivity contribution in [1.29, 1.82) is 0 Å². The lowest BCUT2D eigenvalue weighted by Crippen LogP contribution is -1.86. The number of fused-ring (bicyclic) bond motifs is 13. The zero-order valence-corrected chi connectivity index (χ0v) is 25.2. The Morgan fingerprint density at radius 2 is 0.778 bits per heavy atom. The van der Waals surface area contributed by atoms with Gasteiger partial charge < -0.3 is 0 Å². The topological polar surface area (TPSA) is 0 Å². The third-order valence-electron chi connectivity index (χ3n) is 9.62. The summed E-state index contributed by atoms with van der Waals surface area (Å²) in [5, 5.41) is 15.8. The summed E-state index contributed by atoms with van der Waals surface area (Å²) in [6.45, 7) is 0. The van der Waals surface area contributed by atoms with Crippen LogP contribution in [0.15, 0.2) is 158 Å². The molecular formula is C44H26S. The first-order valence-electron chi connectivity index (χ1n) is 15.5. The Kier molecular flexibility index (Phi) is 5.25. The van der Waals surface area contributed by atoms with Crippen LogP contribution in [0.25, 0.3) is 96.3 Å². The fourth-order valence-electron chi connectivity index (χ4n) is 7.46. The number of rotatable bonds is 2. The van der Waals surface area contributed by atoms with Gasteiger partial charge in [0.15, 0.2) is 0 Å². The van der Waals surface area contributed by atoms with E-state index in [1.165, 1.54) is 96.3 Å². The molecule has 1 aromatic heterocycles. The monoisotopic (exact) mass is 586 g/mol. The van der Waals surface area contributed by atoms with E-state index >= 15 is 0 Å². The summed E-state index contributed by atoms with van der Waals surface area (Å²) in [6.07, 6.45) is 0. The first kappa shape index (κ1) is 24.9. The molecule has 9 aromatic carbocycles. The number of benzene rings is 9. The molecule has 0 aliphatic carbocycles. The van der Waals surface area contributed by atoms with Crippen molar-refractivity contribution in [3.8, 4) is 22.3 Å². The van der Waals surface area contributed by atoms with Gasteiger partial charge in [0.05, 0.1) is 0 Å². The second kappa shape index (κ2) is 9.50. The van der Waals surface area contributed by atoms with E-state index in [1.807, 2.05) is 11.3 Å². The van der Waals surface area contributed by atoms with Crippen LogP contribution in [-0.4, -0.2) is 0 Å². The van der Waals surface area contributed by atoms with E-state index in [4.69, 9.17) is 0 Å². The maximum absolute atomic E-state index is 2.40. The molecular weight excluding hydrogens is 561 g/mol. The van der Waals surface area contributed by atoms with E-state index in [2.05, 4.69) is 158 Å². The number of hydrogen-bond donors (Lipinski definition) is 0. The zero-order valence-electron chi connectivity index (χ0n) is 24.4. The Hall–Kier alpha value is -5.50. The summed E-state index contributed by atoms with van der Waals surface area (Å²) in [6, 6.07) is 58.5. The van der Waals surface area contributed by atoms with E-state index in [1.54, 1.807) is 0 Å². The maximum atomic E-state index is 2.40. The second-order valence-electron chi connectivity index (χ2n) is 12.1. The van der Waals surface area contributed by atoms with Crippen LogP contribution in [0.4, 0.5) is 0 Å². The lowest BCUT2D eigenvalue weighted by molar-refractivity contribution is 1.62. The van der Waals surface area contributed by atoms with Crippen molar-refractivity contribution in [3.05, 3.63) is 158 Å². The zero-order chi connectivity index (χ0) is 29.5. The first-order valence-corrected chi connectivity index (χ1v) is 16.3. The summed E-state index contributed by atoms with van der Waals surface area (Å²) >= 11 is 1.91. The predicted molar refractivity (Wildman–Crippen MR) is 198 cm³/mol. The summed E-state index contributed by atoms with van der Waals surface area (Å²) in [5.74, 6) is 0. The van der Waals surface area contributed by atoms with Gasteiger partial charge in [0.1, 0.15) is 0 Å². The molecule has 10 rings (SSSR count). The van der Waals surface area contributed by atoms with Crippen molar-refractivity contribution in [1.82, 2.24) is 0 Å². The van der Waals surface area contributed by atoms with Gasteiger partial charge >= 0.3 is 0 Å². The van der Waals surface area contributed by atoms with E-state index in [-0.39, 0.29) is 0 Å². The van der Waals surface area contributed by atoms with Crippen molar-refractivity contribution in [2.24, 2.45) is 0 Å². The molecule has 10 aromatic rings. The van der Waals surface area contributed by atoms with Crippen molar-refractivity contribution < 1.29 is 0 Å². The lowest BCUT2D eigenvalue weighted by Gasteiger charge is -2.13. The summed E-state index contributed by atoms with van der Waals surface area (Å²) in [7, 11) is 0. The molecule has 0 nitrogen and oxygen atoms in total. The van der Waals surface area contributed by atoms with E-state index in [0.29, 0.717) is 0 Å². The second-order valence-corrected chi connectivity index (χ2v) is 13.1. The Morgan fingerprint density at radius 3 is 1.51 bits per heavy atom. The van der Waals surface area contributed by atoms with Gasteiger partial charge in [-0.3, -0.25) is 0 Å². The molecule has 0 N–H and O–H groups in total. The van der Waals surface area contributed by atoms with Crippen molar-refractivity contribution >= 4 is 85.4 Å². The maximum Gasteiger partial charge on any atom is 0.0440 e. The molecule has 208 valence electrons. The molecule has 0 atom stereocenters. The fourth-order valence-corrected chi connectivity index (χ4v) is 8.74. The third kappa shape index (κ3) is 3.72. The van der Waals surface area contributed by atoms with Crippen molar-refractivity contribution in [3.63, 3.8) is 0 Å². The highest BCUT2D eigenvalue weighted by Crippen LogP contribution is 2.42. The molecule has 0 spiro atoms. The van der Waals surface area contributed by atoms with Gasteiger partial charge in [0.2, 0.25) is 0 Å². The highest BCUT2D eigenvalue weighted by molar-refractivity contribution is 7.26. The van der Waals surface area contributed by atoms with Crippen LogP contribution in [0.3, 0.4) is 0 Å². The van der Waals surface area contributed by atoms with Gasteiger partial charge in [-0.1, -0.05) is 133 Å². The van der Waals surface area contributed by atoms with Crippen LogP contribution in [0.1, 0.15) is 0 Å². The minimum Gasteiger partial charge on any atom is -0.135 e. The largest absolute Gasteiger partial charge is 0.135 e. The summed E-state index contributed by atoms with van der Waals surface area (Å²) in [4.78, 5) is 0. The Labute approximate surface area is 264 Å². The van der Waals surface area contributed by atoms with Gasteiger partial charge in [-0.15, -0.1) is 11.3 Å². The Balaban J connectivity index is 1.16. The first-order chi connectivity index (χ1) is 22.3. The molecule has 1 heterocycles. The molecule has 45 heavy (non-hydrogen) atoms. The molecule has 0 aliphatic heterocycles. The summed E-state index contributed by atoms with van der Waals surface area (Å²) < 4.78 is 2.72. The van der Waals surface area contributed by atoms with Crippen molar-refractivity contribution in [2.45, 2.75) is 0 Å². The molecule has 1 heteroatoms. The molecule has 0 saturated heterocycles. The van der Waals surface area contributed by atoms with Gasteiger partial charge in [-0.2, -0.15) is 0 Å². The van der Waals surface area contributed by atoms with Crippen LogP contribution >= 0.6 is 11.3 Å². The SMILES string of the molecule is c1cc(-c2ccc3c4ccccc4c4ccccc4c3c2)cc(-c2ccc3ccc4ccc5c6ccccc6sc5c4c3c2)c1. The molecule has 0 aliphatic rings. The van der Waals surface area contributed by atoms with Gasteiger partial charge in [-0.05, 0) is 95.0 Å². The lowest BCUT2D eigenvalue weighted by atomic mass is 9.91. The standard InChI is InChI=1S/C44H26S/c1-2-12-35-33(10-1)34-11-3-4-13-36(34)41-26-32(21-22-37(35)41)30-9-7-8-29(24-30)31-19-17-27-16-18-28-20-23-39-38-14-5-6-15-42(38)45-44(39)43(28)40(27)25-31/h1-26H. The Morgan fingerprint density at radius 1 is 0.289 bits per heavy atom. The van der Waals surface area contributed by atoms with E-state index in [9.17, 15) is 0 Å². The molecule has 0 unspecified atom stereocenters. The third-order valence-corrected chi connectivity index (χ3v) is 10.8. The molecule has 0 bridgehead atoms. The predicted octanol–water partition coefficient (Wildman–Crippen LogP) is 13.2. The molecule has 0 fully saturated rings. The van der Waals surface area contributed by atoms with Crippen LogP contribution in [0, 0.1) is 0 Å². The number of thiophene rings is 1. The van der Waals surface area contributed by atoms with E-state index < -0.39 is 0 Å². The molecule has 0 radical (unpaired) electrons. The minimum absolute atomic E-state index is 1.23. The van der Waals surface area contributed by atoms with Crippen LogP contribution in [0.2, 0.25) is 0 Å². The minimum atomic E-state index is 1.23. The smallest absolute Gasteiger partial charge is 0.0440 e.